The molecular formula is C20H46O3P2. The molecule has 1 N–H and O–H groups in total. The Hall–Kier alpha value is 0.580. The fourth-order valence-electron chi connectivity index (χ4n) is 3.83. The van der Waals surface area contributed by atoms with Gasteiger partial charge in [-0.1, -0.05) is 0 Å². The summed E-state index contributed by atoms with van der Waals surface area (Å²) in [6.07, 6.45) is 15.3. The third kappa shape index (κ3) is 9.37. The first-order valence-corrected chi connectivity index (χ1v) is 15.5. The maximum atomic E-state index is 13.0. The fourth-order valence-corrected chi connectivity index (χ4v) is 14.9. The molecule has 0 rings (SSSR count). The number of unbranched alkanes of at least 4 members (excludes halogenated alkanes) is 5. The van der Waals surface area contributed by atoms with Crippen molar-refractivity contribution in [3.63, 3.8) is 0 Å². The second-order valence-corrected chi connectivity index (χ2v) is 15.8. The maximum absolute atomic E-state index is 13.0. The van der Waals surface area contributed by atoms with Gasteiger partial charge in [0, 0.05) is 0 Å². The predicted molar refractivity (Wildman–Crippen MR) is 117 cm³/mol. The molecule has 0 saturated heterocycles. The van der Waals surface area contributed by atoms with Gasteiger partial charge in [0.25, 0.3) is 0 Å². The van der Waals surface area contributed by atoms with E-state index >= 15 is 0 Å². The van der Waals surface area contributed by atoms with Crippen molar-refractivity contribution in [2.75, 3.05) is 30.8 Å². The van der Waals surface area contributed by atoms with Crippen LogP contribution in [0, 0.1) is 0 Å². The minimum atomic E-state index is -3.50. The van der Waals surface area contributed by atoms with Gasteiger partial charge in [-0.3, -0.25) is 0 Å². The van der Waals surface area contributed by atoms with Crippen LogP contribution in [0.25, 0.3) is 0 Å². The first-order chi connectivity index (χ1) is 11.8. The summed E-state index contributed by atoms with van der Waals surface area (Å²) in [5, 5.41) is 0. The minimum absolute atomic E-state index is 0.331. The molecule has 0 bridgehead atoms. The summed E-state index contributed by atoms with van der Waals surface area (Å²) >= 11 is 0. The zero-order valence-electron chi connectivity index (χ0n) is 17.8. The van der Waals surface area contributed by atoms with Crippen LogP contribution in [0.5, 0.6) is 0 Å². The van der Waals surface area contributed by atoms with Gasteiger partial charge >= 0.3 is 158 Å². The Morgan fingerprint density at radius 2 is 1.00 bits per heavy atom. The van der Waals surface area contributed by atoms with E-state index in [1.165, 1.54) is 0 Å². The van der Waals surface area contributed by atoms with E-state index < -0.39 is 14.4 Å². The third-order valence-electron chi connectivity index (χ3n) is 5.46. The molecule has 0 spiro atoms. The number of hydrogen-bond donors (Lipinski definition) is 1. The summed E-state index contributed by atoms with van der Waals surface area (Å²) in [4.78, 5) is 10.7. The van der Waals surface area contributed by atoms with Crippen molar-refractivity contribution >= 4 is 14.4 Å². The second kappa shape index (κ2) is 12.9. The zero-order valence-corrected chi connectivity index (χ0v) is 19.6. The van der Waals surface area contributed by atoms with Crippen LogP contribution >= 0.6 is 14.4 Å². The van der Waals surface area contributed by atoms with Crippen molar-refractivity contribution in [2.24, 2.45) is 0 Å². The number of hydrogen-bond acceptors (Lipinski definition) is 2. The summed E-state index contributed by atoms with van der Waals surface area (Å²) in [7, 11) is -3.50. The van der Waals surface area contributed by atoms with Crippen LogP contribution in [0.1, 0.15) is 98.8 Å². The monoisotopic (exact) mass is 396 g/mol. The van der Waals surface area contributed by atoms with E-state index in [1.807, 2.05) is 0 Å². The number of rotatable bonds is 17. The van der Waals surface area contributed by atoms with Crippen molar-refractivity contribution < 1.29 is 13.8 Å². The van der Waals surface area contributed by atoms with Gasteiger partial charge in [0.05, 0.1) is 0 Å². The molecule has 3 nitrogen and oxygen atoms in total. The Balaban J connectivity index is 5.84. The van der Waals surface area contributed by atoms with Crippen molar-refractivity contribution in [1.82, 2.24) is 0 Å². The van der Waals surface area contributed by atoms with E-state index in [-0.39, 0.29) is 0 Å². The molecule has 154 valence electrons. The van der Waals surface area contributed by atoms with Crippen molar-refractivity contribution in [1.29, 1.82) is 0 Å². The molecule has 0 fully saturated rings. The van der Waals surface area contributed by atoms with E-state index in [9.17, 15) is 9.46 Å². The molecule has 0 saturated carbocycles. The average molecular weight is 397 g/mol. The first-order valence-electron chi connectivity index (χ1n) is 10.9. The molecule has 0 aliphatic carbocycles. The Morgan fingerprint density at radius 3 is 1.28 bits per heavy atom. The molecule has 1 atom stereocenters. The summed E-state index contributed by atoms with van der Waals surface area (Å²) in [5.74, 6) is 0. The van der Waals surface area contributed by atoms with E-state index in [0.29, 0.717) is 6.16 Å². The Bertz CT molecular complexity index is 342. The van der Waals surface area contributed by atoms with Crippen LogP contribution in [-0.2, 0) is 8.88 Å². The molecule has 0 aromatic rings. The molecule has 5 heteroatoms. The van der Waals surface area contributed by atoms with E-state index in [2.05, 4.69) is 34.6 Å². The van der Waals surface area contributed by atoms with Gasteiger partial charge < -0.3 is 0 Å². The zero-order chi connectivity index (χ0) is 19.3. The molecule has 0 aromatic carbocycles. The van der Waals surface area contributed by atoms with E-state index in [0.717, 1.165) is 88.9 Å². The summed E-state index contributed by atoms with van der Waals surface area (Å²) in [5.41, 5.74) is 0. The third-order valence-corrected chi connectivity index (χ3v) is 15.0. The van der Waals surface area contributed by atoms with Gasteiger partial charge in [-0.05, 0) is 0 Å². The Labute approximate surface area is 158 Å². The van der Waals surface area contributed by atoms with Gasteiger partial charge in [0.1, 0.15) is 0 Å². The molecule has 0 aliphatic heterocycles. The molecule has 0 aliphatic rings. The molecular weight excluding hydrogens is 350 g/mol. The molecule has 25 heavy (non-hydrogen) atoms. The van der Waals surface area contributed by atoms with Gasteiger partial charge in [0.2, 0.25) is 0 Å². The van der Waals surface area contributed by atoms with Gasteiger partial charge in [-0.2, -0.15) is 0 Å². The molecule has 0 aromatic heterocycles. The SMILES string of the molecule is CCCCP(=O)(O)OP(CCCC)(CCCC)(CCCC)CCCC. The average Bonchev–Trinajstić information content (AvgIpc) is 2.60. The topological polar surface area (TPSA) is 46.5 Å². The van der Waals surface area contributed by atoms with Gasteiger partial charge in [-0.25, -0.2) is 0 Å². The summed E-state index contributed by atoms with van der Waals surface area (Å²) < 4.78 is 19.6. The molecule has 0 radical (unpaired) electrons. The Morgan fingerprint density at radius 1 is 0.680 bits per heavy atom. The van der Waals surface area contributed by atoms with Crippen LogP contribution < -0.4 is 0 Å². The van der Waals surface area contributed by atoms with E-state index in [4.69, 9.17) is 4.31 Å². The normalized spacial score (nSPS) is 16.3. The Kier molecular flexibility index (Phi) is 13.2. The van der Waals surface area contributed by atoms with Crippen LogP contribution in [0.3, 0.4) is 0 Å². The van der Waals surface area contributed by atoms with Crippen LogP contribution in [0.2, 0.25) is 0 Å². The summed E-state index contributed by atoms with van der Waals surface area (Å²) in [6.45, 7) is 8.34. The second-order valence-electron chi connectivity index (χ2n) is 7.96. The predicted octanol–water partition coefficient (Wildman–Crippen LogP) is 7.66. The first kappa shape index (κ1) is 25.6. The van der Waals surface area contributed by atoms with Gasteiger partial charge in [0.15, 0.2) is 0 Å². The molecule has 0 amide bonds. The molecule has 0 heterocycles. The van der Waals surface area contributed by atoms with Gasteiger partial charge in [-0.15, -0.1) is 0 Å². The van der Waals surface area contributed by atoms with Crippen LogP contribution in [0.15, 0.2) is 0 Å². The fraction of sp³-hybridized carbons (Fsp3) is 1.00. The van der Waals surface area contributed by atoms with Crippen molar-refractivity contribution in [3.05, 3.63) is 0 Å². The standard InChI is InChI=1S/C20H46O3P2/c1-6-11-16-24(21,22)23-25(17-12-7-2,18-13-8-3,19-14-9-4)20-15-10-5/h6-20H2,1-5H3,(H,21,22). The van der Waals surface area contributed by atoms with Crippen molar-refractivity contribution in [3.8, 4) is 0 Å². The van der Waals surface area contributed by atoms with Crippen molar-refractivity contribution in [2.45, 2.75) is 98.8 Å². The van der Waals surface area contributed by atoms with E-state index in [1.54, 1.807) is 0 Å². The van der Waals surface area contributed by atoms with Crippen LogP contribution in [-0.4, -0.2) is 35.7 Å². The van der Waals surface area contributed by atoms with Crippen LogP contribution in [0.4, 0.5) is 0 Å². The molecule has 1 unspecified atom stereocenters. The quantitative estimate of drug-likeness (QED) is 0.257. The summed E-state index contributed by atoms with van der Waals surface area (Å²) in [6, 6.07) is 0.